The first-order valence-corrected chi connectivity index (χ1v) is 4.29. The van der Waals surface area contributed by atoms with E-state index in [4.69, 9.17) is 11.4 Å². The summed E-state index contributed by atoms with van der Waals surface area (Å²) in [5.41, 5.74) is 1.10. The Morgan fingerprint density at radius 3 is 2.38 bits per heavy atom. The van der Waals surface area contributed by atoms with Crippen molar-refractivity contribution in [2.45, 2.75) is 26.2 Å². The molecule has 0 aliphatic heterocycles. The van der Waals surface area contributed by atoms with Crippen molar-refractivity contribution < 1.29 is 11.4 Å². The van der Waals surface area contributed by atoms with Crippen molar-refractivity contribution in [3.05, 3.63) is 29.8 Å². The molecule has 0 bridgehead atoms. The van der Waals surface area contributed by atoms with Crippen molar-refractivity contribution in [2.75, 3.05) is 0 Å². The molecule has 0 saturated heterocycles. The molecule has 1 aromatic rings. The molecule has 0 spiro atoms. The smallest absolute Gasteiger partial charge is 0.423 e. The van der Waals surface area contributed by atoms with E-state index in [2.05, 4.69) is 0 Å². The highest BCUT2D eigenvalue weighted by Crippen LogP contribution is 2.19. The van der Waals surface area contributed by atoms with E-state index in [0.29, 0.717) is 11.5 Å². The van der Waals surface area contributed by atoms with Gasteiger partial charge in [-0.3, -0.25) is 0 Å². The van der Waals surface area contributed by atoms with Crippen molar-refractivity contribution in [3.8, 4) is 0 Å². The maximum absolute atomic E-state index is 9.15. The van der Waals surface area contributed by atoms with Crippen molar-refractivity contribution in [1.82, 2.24) is 0 Å². The molecule has 0 fully saturated rings. The highest BCUT2D eigenvalue weighted by Gasteiger charge is 2.22. The van der Waals surface area contributed by atoms with Gasteiger partial charge in [-0.1, -0.05) is 45.0 Å². The van der Waals surface area contributed by atoms with E-state index in [1.807, 2.05) is 20.8 Å². The molecule has 0 aliphatic carbocycles. The molecule has 0 radical (unpaired) electrons. The Balaban J connectivity index is 3.30. The first-order valence-electron chi connectivity index (χ1n) is 4.79. The normalized spacial score (nSPS) is 12.5. The third-order valence-corrected chi connectivity index (χ3v) is 1.98. The van der Waals surface area contributed by atoms with E-state index in [1.165, 1.54) is 0 Å². The average Bonchev–Trinajstić information content (AvgIpc) is 2.01. The lowest BCUT2D eigenvalue weighted by atomic mass is 9.70. The fourth-order valence-electron chi connectivity index (χ4n) is 1.32. The zero-order valence-corrected chi connectivity index (χ0v) is 8.20. The molecule has 70 valence electrons. The van der Waals surface area contributed by atoms with Crippen LogP contribution in [0.3, 0.4) is 0 Å². The minimum Gasteiger partial charge on any atom is -0.423 e. The van der Waals surface area contributed by atoms with Crippen molar-refractivity contribution >= 4 is 12.6 Å². The maximum Gasteiger partial charge on any atom is 0.488 e. The van der Waals surface area contributed by atoms with Gasteiger partial charge in [0.1, 0.15) is 0 Å². The van der Waals surface area contributed by atoms with Gasteiger partial charge in [-0.05, 0) is 16.4 Å². The second-order valence-electron chi connectivity index (χ2n) is 4.14. The zero-order chi connectivity index (χ0) is 10.9. The first kappa shape index (κ1) is 8.79. The summed E-state index contributed by atoms with van der Waals surface area (Å²) in [7, 11) is -1.47. The van der Waals surface area contributed by atoms with Gasteiger partial charge in [-0.15, -0.1) is 0 Å². The summed E-state index contributed by atoms with van der Waals surface area (Å²) in [6.07, 6.45) is 0. The van der Waals surface area contributed by atoms with Gasteiger partial charge in [0.15, 0.2) is 0 Å². The number of hydrogen-bond acceptors (Lipinski definition) is 2. The minimum absolute atomic E-state index is 0.184. The minimum atomic E-state index is -1.47. The Labute approximate surface area is 80.8 Å². The molecular formula is C10H15BO2. The van der Waals surface area contributed by atoms with E-state index >= 15 is 0 Å². The van der Waals surface area contributed by atoms with Gasteiger partial charge in [-0.2, -0.15) is 0 Å². The quantitative estimate of drug-likeness (QED) is 0.622. The molecule has 0 unspecified atom stereocenters. The van der Waals surface area contributed by atoms with E-state index < -0.39 is 7.12 Å². The molecule has 0 atom stereocenters. The molecule has 0 aliphatic rings. The number of rotatable bonds is 1. The topological polar surface area (TPSA) is 40.5 Å². The highest BCUT2D eigenvalue weighted by atomic mass is 16.4. The van der Waals surface area contributed by atoms with Gasteiger partial charge in [0.25, 0.3) is 0 Å². The monoisotopic (exact) mass is 179 g/mol. The fourth-order valence-corrected chi connectivity index (χ4v) is 1.32. The third kappa shape index (κ3) is 2.33. The summed E-state index contributed by atoms with van der Waals surface area (Å²) in [6.45, 7) is 5.94. The van der Waals surface area contributed by atoms with Crippen molar-refractivity contribution in [3.63, 3.8) is 0 Å². The summed E-state index contributed by atoms with van der Waals surface area (Å²) in [5, 5.41) is 18.3. The van der Waals surface area contributed by atoms with Crippen molar-refractivity contribution in [1.29, 1.82) is 0 Å². The van der Waals surface area contributed by atoms with E-state index in [1.54, 1.807) is 18.2 Å². The van der Waals surface area contributed by atoms with Crippen LogP contribution in [0.25, 0.3) is 0 Å². The Hall–Kier alpha value is -0.795. The van der Waals surface area contributed by atoms with Crippen LogP contribution in [0.5, 0.6) is 0 Å². The summed E-state index contributed by atoms with van der Waals surface area (Å²) in [5.74, 6) is 0. The Morgan fingerprint density at radius 1 is 1.31 bits per heavy atom. The Morgan fingerprint density at radius 2 is 1.92 bits per heavy atom. The second-order valence-corrected chi connectivity index (χ2v) is 4.14. The largest absolute Gasteiger partial charge is 0.488 e. The predicted molar refractivity (Wildman–Crippen MR) is 55.0 cm³/mol. The standard InChI is InChI=1S/C10H15BO2/c1-10(2,3)8-6-4-5-7-9(8)11(12)13/h4-7,12-13H,1-3H3/i4D. The predicted octanol–water partition coefficient (Wildman–Crippen LogP) is 0.664. The van der Waals surface area contributed by atoms with Gasteiger partial charge in [0.05, 0.1) is 1.37 Å². The maximum atomic E-state index is 9.15. The lowest BCUT2D eigenvalue weighted by Crippen LogP contribution is -2.36. The summed E-state index contributed by atoms with van der Waals surface area (Å²) < 4.78 is 7.49. The molecule has 1 aromatic carbocycles. The fraction of sp³-hybridized carbons (Fsp3) is 0.400. The van der Waals surface area contributed by atoms with Gasteiger partial charge in [0.2, 0.25) is 0 Å². The van der Waals surface area contributed by atoms with Crippen LogP contribution in [0.4, 0.5) is 0 Å². The lowest BCUT2D eigenvalue weighted by Gasteiger charge is -2.22. The van der Waals surface area contributed by atoms with Crippen LogP contribution in [0.1, 0.15) is 27.7 Å². The van der Waals surface area contributed by atoms with Crippen LogP contribution in [0.2, 0.25) is 0 Å². The van der Waals surface area contributed by atoms with Crippen LogP contribution < -0.4 is 5.46 Å². The Kier molecular flexibility index (Phi) is 2.38. The van der Waals surface area contributed by atoms with Gasteiger partial charge in [0, 0.05) is 0 Å². The number of hydrogen-bond donors (Lipinski definition) is 2. The number of benzene rings is 1. The third-order valence-electron chi connectivity index (χ3n) is 1.98. The molecule has 1 rings (SSSR count). The van der Waals surface area contributed by atoms with E-state index in [-0.39, 0.29) is 5.41 Å². The summed E-state index contributed by atoms with van der Waals surface area (Å²) in [6, 6.07) is 5.21. The molecule has 13 heavy (non-hydrogen) atoms. The van der Waals surface area contributed by atoms with Crippen LogP contribution in [-0.4, -0.2) is 17.2 Å². The molecule has 0 heterocycles. The summed E-state index contributed by atoms with van der Waals surface area (Å²) in [4.78, 5) is 0. The SMILES string of the molecule is [2H]c1ccc(B(O)O)c(C(C)(C)C)c1. The van der Waals surface area contributed by atoms with Gasteiger partial charge in [-0.25, -0.2) is 0 Å². The molecule has 2 nitrogen and oxygen atoms in total. The van der Waals surface area contributed by atoms with Crippen LogP contribution in [-0.2, 0) is 5.41 Å². The van der Waals surface area contributed by atoms with Gasteiger partial charge >= 0.3 is 7.12 Å². The molecule has 0 aromatic heterocycles. The van der Waals surface area contributed by atoms with E-state index in [9.17, 15) is 0 Å². The van der Waals surface area contributed by atoms with Crippen LogP contribution in [0, 0.1) is 0 Å². The molecule has 3 heteroatoms. The molecule has 0 amide bonds. The molecule has 2 N–H and O–H groups in total. The first-order chi connectivity index (χ1) is 6.32. The summed E-state index contributed by atoms with van der Waals surface area (Å²) >= 11 is 0. The highest BCUT2D eigenvalue weighted by molar-refractivity contribution is 6.59. The average molecular weight is 179 g/mol. The second kappa shape index (κ2) is 3.52. The van der Waals surface area contributed by atoms with Gasteiger partial charge < -0.3 is 10.0 Å². The lowest BCUT2D eigenvalue weighted by molar-refractivity contribution is 0.424. The molecular weight excluding hydrogens is 163 g/mol. The van der Waals surface area contributed by atoms with Crippen molar-refractivity contribution in [2.24, 2.45) is 0 Å². The molecule has 0 saturated carbocycles. The van der Waals surface area contributed by atoms with Crippen LogP contribution >= 0.6 is 0 Å². The Bertz CT molecular complexity index is 331. The van der Waals surface area contributed by atoms with Crippen LogP contribution in [0.15, 0.2) is 24.2 Å². The zero-order valence-electron chi connectivity index (χ0n) is 9.20. The van der Waals surface area contributed by atoms with E-state index in [0.717, 1.165) is 5.56 Å².